The number of carbonyl (C=O) groups is 3. The fourth-order valence-electron chi connectivity index (χ4n) is 3.90. The van der Waals surface area contributed by atoms with Gasteiger partial charge in [0.05, 0.1) is 5.92 Å². The topological polar surface area (TPSA) is 72.9 Å². The molecule has 6 heteroatoms. The number of hydrogen-bond acceptors (Lipinski definition) is 5. The lowest BCUT2D eigenvalue weighted by Gasteiger charge is -2.19. The predicted octanol–water partition coefficient (Wildman–Crippen LogP) is 5.34. The summed E-state index contributed by atoms with van der Waals surface area (Å²) in [6.45, 7) is 4.02. The third kappa shape index (κ3) is 5.34. The summed E-state index contributed by atoms with van der Waals surface area (Å²) < 4.78 is 11.4. The Labute approximate surface area is 199 Å². The van der Waals surface area contributed by atoms with E-state index in [4.69, 9.17) is 9.47 Å². The molecular formula is C28H27NO5. The molecule has 1 fully saturated rings. The van der Waals surface area contributed by atoms with Crippen molar-refractivity contribution in [2.45, 2.75) is 32.8 Å². The molecule has 3 aromatic carbocycles. The molecular weight excluding hydrogens is 430 g/mol. The highest BCUT2D eigenvalue weighted by Gasteiger charge is 2.37. The number of esters is 1. The zero-order valence-corrected chi connectivity index (χ0v) is 19.3. The molecule has 34 heavy (non-hydrogen) atoms. The Morgan fingerprint density at radius 1 is 0.941 bits per heavy atom. The summed E-state index contributed by atoms with van der Waals surface area (Å²) in [6.07, 6.45) is -0.444. The van der Waals surface area contributed by atoms with E-state index in [0.29, 0.717) is 23.4 Å². The van der Waals surface area contributed by atoms with Crippen LogP contribution >= 0.6 is 0 Å². The van der Waals surface area contributed by atoms with Gasteiger partial charge in [-0.1, -0.05) is 55.0 Å². The summed E-state index contributed by atoms with van der Waals surface area (Å²) >= 11 is 0. The second kappa shape index (κ2) is 10.3. The fourth-order valence-corrected chi connectivity index (χ4v) is 3.90. The van der Waals surface area contributed by atoms with Crippen molar-refractivity contribution >= 4 is 23.3 Å². The van der Waals surface area contributed by atoms with Gasteiger partial charge in [-0.05, 0) is 49.7 Å². The van der Waals surface area contributed by atoms with E-state index in [1.165, 1.54) is 0 Å². The van der Waals surface area contributed by atoms with E-state index in [1.807, 2.05) is 37.3 Å². The Balaban J connectivity index is 1.37. The summed E-state index contributed by atoms with van der Waals surface area (Å²) in [5.41, 5.74) is 2.33. The summed E-state index contributed by atoms with van der Waals surface area (Å²) in [7, 11) is 0. The van der Waals surface area contributed by atoms with E-state index in [2.05, 4.69) is 0 Å². The van der Waals surface area contributed by atoms with Crippen molar-refractivity contribution < 1.29 is 23.9 Å². The molecule has 0 unspecified atom stereocenters. The number of aryl methyl sites for hydroxylation is 1. The Morgan fingerprint density at radius 2 is 1.56 bits per heavy atom. The Kier molecular flexibility index (Phi) is 7.07. The first kappa shape index (κ1) is 23.2. The quantitative estimate of drug-likeness (QED) is 0.337. The minimum absolute atomic E-state index is 0.0520. The Hall–Kier alpha value is -3.93. The minimum atomic E-state index is -0.864. The van der Waals surface area contributed by atoms with E-state index in [1.54, 1.807) is 60.4 Å². The summed E-state index contributed by atoms with van der Waals surface area (Å²) in [5.74, 6) is -0.146. The minimum Gasteiger partial charge on any atom is -0.457 e. The summed E-state index contributed by atoms with van der Waals surface area (Å²) in [6, 6.07) is 23.7. The van der Waals surface area contributed by atoms with E-state index in [0.717, 1.165) is 11.3 Å². The van der Waals surface area contributed by atoms with Crippen LogP contribution in [0, 0.1) is 12.8 Å². The van der Waals surface area contributed by atoms with E-state index in [-0.39, 0.29) is 24.7 Å². The van der Waals surface area contributed by atoms with E-state index >= 15 is 0 Å². The highest BCUT2D eigenvalue weighted by atomic mass is 16.5. The SMILES string of the molecule is CC[C@@H](OC(=O)[C@H]1CC(=O)N(c2ccc(Oc3ccc(C)cc3)cc2)C1)C(=O)c1ccccc1. The maximum absolute atomic E-state index is 12.8. The van der Waals surface area contributed by atoms with E-state index in [9.17, 15) is 14.4 Å². The van der Waals surface area contributed by atoms with Crippen molar-refractivity contribution in [3.63, 3.8) is 0 Å². The monoisotopic (exact) mass is 457 g/mol. The van der Waals surface area contributed by atoms with Crippen LogP contribution in [0.5, 0.6) is 11.5 Å². The maximum atomic E-state index is 12.8. The number of anilines is 1. The molecule has 0 saturated carbocycles. The van der Waals surface area contributed by atoms with Crippen LogP contribution in [0.2, 0.25) is 0 Å². The number of rotatable bonds is 8. The van der Waals surface area contributed by atoms with Crippen molar-refractivity contribution in [1.82, 2.24) is 0 Å². The number of ether oxygens (including phenoxy) is 2. The lowest BCUT2D eigenvalue weighted by molar-refractivity contribution is -0.151. The van der Waals surface area contributed by atoms with Gasteiger partial charge in [-0.2, -0.15) is 0 Å². The molecule has 1 saturated heterocycles. The molecule has 0 radical (unpaired) electrons. The number of ketones is 1. The van der Waals surface area contributed by atoms with Crippen LogP contribution in [-0.2, 0) is 14.3 Å². The zero-order valence-electron chi connectivity index (χ0n) is 19.3. The third-order valence-electron chi connectivity index (χ3n) is 5.84. The standard InChI is InChI=1S/C28H27NO5/c1-3-25(27(31)20-7-5-4-6-8-20)34-28(32)21-17-26(30)29(18-21)22-11-15-24(16-12-22)33-23-13-9-19(2)10-14-23/h4-16,21,25H,3,17-18H2,1-2H3/t21-,25+/m0/s1. The van der Waals surface area contributed by atoms with Crippen LogP contribution < -0.4 is 9.64 Å². The molecule has 2 atom stereocenters. The first-order valence-corrected chi connectivity index (χ1v) is 11.4. The second-order valence-corrected chi connectivity index (χ2v) is 8.38. The highest BCUT2D eigenvalue weighted by molar-refractivity contribution is 6.02. The lowest BCUT2D eigenvalue weighted by atomic mass is 10.0. The van der Waals surface area contributed by atoms with Crippen molar-refractivity contribution in [3.8, 4) is 11.5 Å². The number of benzene rings is 3. The molecule has 0 N–H and O–H groups in total. The van der Waals surface area contributed by atoms with Crippen molar-refractivity contribution in [2.24, 2.45) is 5.92 Å². The molecule has 1 aliphatic heterocycles. The number of Topliss-reactive ketones (excluding diaryl/α,β-unsaturated/α-hetero) is 1. The molecule has 174 valence electrons. The lowest BCUT2D eigenvalue weighted by Crippen LogP contribution is -2.31. The van der Waals surface area contributed by atoms with Gasteiger partial charge in [0.2, 0.25) is 11.7 Å². The normalized spacial score (nSPS) is 16.2. The number of hydrogen-bond donors (Lipinski definition) is 0. The highest BCUT2D eigenvalue weighted by Crippen LogP contribution is 2.29. The van der Waals surface area contributed by atoms with Gasteiger partial charge < -0.3 is 14.4 Å². The summed E-state index contributed by atoms with van der Waals surface area (Å²) in [5, 5.41) is 0. The molecule has 0 aliphatic carbocycles. The molecule has 0 bridgehead atoms. The molecule has 0 aromatic heterocycles. The van der Waals surface area contributed by atoms with Gasteiger partial charge in [-0.15, -0.1) is 0 Å². The molecule has 1 amide bonds. The number of carbonyl (C=O) groups excluding carboxylic acids is 3. The Bertz CT molecular complexity index is 1160. The molecule has 3 aromatic rings. The molecule has 1 aliphatic rings. The Morgan fingerprint density at radius 3 is 2.18 bits per heavy atom. The average molecular weight is 458 g/mol. The van der Waals surface area contributed by atoms with Crippen LogP contribution in [0.4, 0.5) is 5.69 Å². The van der Waals surface area contributed by atoms with Gasteiger partial charge in [0.15, 0.2) is 6.10 Å². The van der Waals surface area contributed by atoms with E-state index < -0.39 is 18.0 Å². The van der Waals surface area contributed by atoms with Gasteiger partial charge in [0, 0.05) is 24.2 Å². The van der Waals surface area contributed by atoms with Gasteiger partial charge in [-0.3, -0.25) is 14.4 Å². The van der Waals surface area contributed by atoms with Crippen LogP contribution in [0.25, 0.3) is 0 Å². The first-order chi connectivity index (χ1) is 16.4. The average Bonchev–Trinajstić information content (AvgIpc) is 3.26. The molecule has 1 heterocycles. The smallest absolute Gasteiger partial charge is 0.312 e. The van der Waals surface area contributed by atoms with Crippen LogP contribution in [0.1, 0.15) is 35.7 Å². The first-order valence-electron chi connectivity index (χ1n) is 11.4. The zero-order chi connectivity index (χ0) is 24.1. The van der Waals surface area contributed by atoms with Crippen molar-refractivity contribution in [3.05, 3.63) is 90.0 Å². The van der Waals surface area contributed by atoms with Crippen LogP contribution in [0.15, 0.2) is 78.9 Å². The molecule has 0 spiro atoms. The largest absolute Gasteiger partial charge is 0.457 e. The third-order valence-corrected chi connectivity index (χ3v) is 5.84. The number of nitrogens with zero attached hydrogens (tertiary/aromatic N) is 1. The maximum Gasteiger partial charge on any atom is 0.312 e. The number of amides is 1. The fraction of sp³-hybridized carbons (Fsp3) is 0.250. The molecule has 6 nitrogen and oxygen atoms in total. The molecule has 4 rings (SSSR count). The van der Waals surface area contributed by atoms with Crippen molar-refractivity contribution in [2.75, 3.05) is 11.4 Å². The van der Waals surface area contributed by atoms with Crippen LogP contribution in [0.3, 0.4) is 0 Å². The van der Waals surface area contributed by atoms with Gasteiger partial charge in [0.25, 0.3) is 0 Å². The second-order valence-electron chi connectivity index (χ2n) is 8.38. The van der Waals surface area contributed by atoms with Gasteiger partial charge >= 0.3 is 5.97 Å². The van der Waals surface area contributed by atoms with Gasteiger partial charge in [0.1, 0.15) is 11.5 Å². The summed E-state index contributed by atoms with van der Waals surface area (Å²) in [4.78, 5) is 39.7. The van der Waals surface area contributed by atoms with Crippen molar-refractivity contribution in [1.29, 1.82) is 0 Å². The predicted molar refractivity (Wildman–Crippen MR) is 129 cm³/mol. The van der Waals surface area contributed by atoms with Gasteiger partial charge in [-0.25, -0.2) is 0 Å². The van der Waals surface area contributed by atoms with Crippen LogP contribution in [-0.4, -0.2) is 30.3 Å².